The van der Waals surface area contributed by atoms with Crippen molar-refractivity contribution in [2.75, 3.05) is 13.7 Å². The van der Waals surface area contributed by atoms with Gasteiger partial charge in [0.05, 0.1) is 19.3 Å². The van der Waals surface area contributed by atoms with Gasteiger partial charge in [-0.2, -0.15) is 0 Å². The van der Waals surface area contributed by atoms with E-state index in [4.69, 9.17) is 0 Å². The number of carbonyl (C=O) groups is 2. The second kappa shape index (κ2) is 6.01. The predicted molar refractivity (Wildman–Crippen MR) is 50.5 cm³/mol. The fraction of sp³-hybridized carbons (Fsp3) is 0.556. The first-order chi connectivity index (χ1) is 6.52. The van der Waals surface area contributed by atoms with E-state index in [1.54, 1.807) is 20.8 Å². The molecule has 0 atom stereocenters. The molecule has 0 aromatic carbocycles. The topological polar surface area (TPSA) is 64.6 Å². The first-order valence-corrected chi connectivity index (χ1v) is 4.22. The molecule has 5 nitrogen and oxygen atoms in total. The molecule has 0 fully saturated rings. The van der Waals surface area contributed by atoms with E-state index in [9.17, 15) is 9.59 Å². The first kappa shape index (κ1) is 12.5. The van der Waals surface area contributed by atoms with Gasteiger partial charge in [0.1, 0.15) is 0 Å². The molecule has 0 bridgehead atoms. The molecular formula is C9H15NO4. The van der Waals surface area contributed by atoms with Gasteiger partial charge >= 0.3 is 12.1 Å². The van der Waals surface area contributed by atoms with Crippen LogP contribution in [0.3, 0.4) is 0 Å². The lowest BCUT2D eigenvalue weighted by Crippen LogP contribution is -2.24. The summed E-state index contributed by atoms with van der Waals surface area (Å²) in [6.45, 7) is 5.15. The van der Waals surface area contributed by atoms with Crippen LogP contribution < -0.4 is 5.32 Å². The third kappa shape index (κ3) is 3.93. The van der Waals surface area contributed by atoms with Crippen LogP contribution in [0.2, 0.25) is 0 Å². The molecule has 0 aliphatic rings. The highest BCUT2D eigenvalue weighted by Crippen LogP contribution is 2.02. The smallest absolute Gasteiger partial charge is 0.411 e. The van der Waals surface area contributed by atoms with Crippen LogP contribution >= 0.6 is 0 Å². The Morgan fingerprint density at radius 3 is 2.29 bits per heavy atom. The van der Waals surface area contributed by atoms with Crippen LogP contribution in [0.1, 0.15) is 20.8 Å². The molecule has 1 N–H and O–H groups in total. The number of hydrogen-bond donors (Lipinski definition) is 1. The number of allylic oxidation sites excluding steroid dienone is 1. The van der Waals surface area contributed by atoms with Crippen LogP contribution in [0.25, 0.3) is 0 Å². The summed E-state index contributed by atoms with van der Waals surface area (Å²) in [7, 11) is 1.28. The second-order valence-corrected chi connectivity index (χ2v) is 2.59. The van der Waals surface area contributed by atoms with Crippen molar-refractivity contribution in [3.05, 3.63) is 11.3 Å². The number of rotatable bonds is 3. The zero-order valence-electron chi connectivity index (χ0n) is 8.84. The molecule has 0 aliphatic carbocycles. The Kier molecular flexibility index (Phi) is 5.36. The quantitative estimate of drug-likeness (QED) is 0.550. The van der Waals surface area contributed by atoms with E-state index in [-0.39, 0.29) is 6.61 Å². The highest BCUT2D eigenvalue weighted by atomic mass is 16.5. The molecule has 80 valence electrons. The predicted octanol–water partition coefficient (Wildman–Crippen LogP) is 1.20. The second-order valence-electron chi connectivity index (χ2n) is 2.59. The maximum Gasteiger partial charge on any atom is 0.411 e. The van der Waals surface area contributed by atoms with E-state index < -0.39 is 12.1 Å². The van der Waals surface area contributed by atoms with Gasteiger partial charge in [-0.25, -0.2) is 9.59 Å². The lowest BCUT2D eigenvalue weighted by atomic mass is 10.2. The van der Waals surface area contributed by atoms with E-state index in [1.807, 2.05) is 0 Å². The van der Waals surface area contributed by atoms with Crippen molar-refractivity contribution < 1.29 is 19.1 Å². The van der Waals surface area contributed by atoms with E-state index in [0.717, 1.165) is 0 Å². The molecule has 0 rings (SSSR count). The number of methoxy groups -OCH3 is 1. The van der Waals surface area contributed by atoms with Crippen LogP contribution in [-0.2, 0) is 14.3 Å². The number of hydrogen-bond acceptors (Lipinski definition) is 4. The van der Waals surface area contributed by atoms with Crippen LogP contribution in [0.5, 0.6) is 0 Å². The van der Waals surface area contributed by atoms with Gasteiger partial charge < -0.3 is 9.47 Å². The SMILES string of the molecule is CCOC(=O)NC(C)=C(C)C(=O)OC. The van der Waals surface area contributed by atoms with E-state index >= 15 is 0 Å². The van der Waals surface area contributed by atoms with Gasteiger partial charge in [-0.1, -0.05) is 0 Å². The van der Waals surface area contributed by atoms with Gasteiger partial charge in [-0.15, -0.1) is 0 Å². The minimum absolute atomic E-state index is 0.288. The summed E-state index contributed by atoms with van der Waals surface area (Å²) in [6, 6.07) is 0. The van der Waals surface area contributed by atoms with Crippen molar-refractivity contribution in [2.45, 2.75) is 20.8 Å². The number of amides is 1. The standard InChI is InChI=1S/C9H15NO4/c1-5-14-9(12)10-7(3)6(2)8(11)13-4/h5H2,1-4H3,(H,10,12). The average molecular weight is 201 g/mol. The van der Waals surface area contributed by atoms with Crippen molar-refractivity contribution in [2.24, 2.45) is 0 Å². The summed E-state index contributed by atoms with van der Waals surface area (Å²) in [4.78, 5) is 22.0. The Morgan fingerprint density at radius 2 is 1.86 bits per heavy atom. The molecule has 0 aliphatic heterocycles. The van der Waals surface area contributed by atoms with Crippen molar-refractivity contribution in [1.82, 2.24) is 5.32 Å². The number of esters is 1. The van der Waals surface area contributed by atoms with Gasteiger partial charge in [-0.3, -0.25) is 5.32 Å². The lowest BCUT2D eigenvalue weighted by Gasteiger charge is -2.07. The third-order valence-electron chi connectivity index (χ3n) is 1.62. The first-order valence-electron chi connectivity index (χ1n) is 4.22. The van der Waals surface area contributed by atoms with Crippen molar-refractivity contribution in [3.8, 4) is 0 Å². The Hall–Kier alpha value is -1.52. The molecule has 0 aromatic rings. The third-order valence-corrected chi connectivity index (χ3v) is 1.62. The van der Waals surface area contributed by atoms with Gasteiger partial charge in [0.15, 0.2) is 0 Å². The monoisotopic (exact) mass is 201 g/mol. The summed E-state index contributed by atoms with van der Waals surface area (Å²) in [5.74, 6) is -0.473. The van der Waals surface area contributed by atoms with Gasteiger partial charge in [-0.05, 0) is 20.8 Å². The maximum absolute atomic E-state index is 11.0. The molecule has 0 unspecified atom stereocenters. The van der Waals surface area contributed by atoms with Crippen LogP contribution in [0, 0.1) is 0 Å². The minimum Gasteiger partial charge on any atom is -0.466 e. The zero-order chi connectivity index (χ0) is 11.1. The minimum atomic E-state index is -0.576. The van der Waals surface area contributed by atoms with Crippen LogP contribution in [-0.4, -0.2) is 25.8 Å². The molecule has 0 radical (unpaired) electrons. The summed E-state index contributed by atoms with van der Waals surface area (Å²) >= 11 is 0. The summed E-state index contributed by atoms with van der Waals surface area (Å²) in [5.41, 5.74) is 0.774. The fourth-order valence-electron chi connectivity index (χ4n) is 0.720. The van der Waals surface area contributed by atoms with Gasteiger partial charge in [0.25, 0.3) is 0 Å². The number of ether oxygens (including phenoxy) is 2. The van der Waals surface area contributed by atoms with Crippen LogP contribution in [0.15, 0.2) is 11.3 Å². The average Bonchev–Trinajstić information content (AvgIpc) is 2.15. The molecule has 0 heterocycles. The van der Waals surface area contributed by atoms with Crippen molar-refractivity contribution in [1.29, 1.82) is 0 Å². The van der Waals surface area contributed by atoms with E-state index in [2.05, 4.69) is 14.8 Å². The number of carbonyl (C=O) groups excluding carboxylic acids is 2. The molecule has 0 spiro atoms. The lowest BCUT2D eigenvalue weighted by molar-refractivity contribution is -0.136. The molecule has 0 saturated heterocycles. The van der Waals surface area contributed by atoms with Gasteiger partial charge in [0, 0.05) is 5.70 Å². The molecular weight excluding hydrogens is 186 g/mol. The Morgan fingerprint density at radius 1 is 1.29 bits per heavy atom. The molecule has 14 heavy (non-hydrogen) atoms. The van der Waals surface area contributed by atoms with Crippen molar-refractivity contribution in [3.63, 3.8) is 0 Å². The summed E-state index contributed by atoms with van der Waals surface area (Å²) in [6.07, 6.45) is -0.576. The zero-order valence-corrected chi connectivity index (χ0v) is 8.84. The maximum atomic E-state index is 11.0. The van der Waals surface area contributed by atoms with Crippen LogP contribution in [0.4, 0.5) is 4.79 Å². The molecule has 5 heteroatoms. The Balaban J connectivity index is 4.36. The fourth-order valence-corrected chi connectivity index (χ4v) is 0.720. The Labute approximate surface area is 83.1 Å². The molecule has 0 saturated carbocycles. The highest BCUT2D eigenvalue weighted by Gasteiger charge is 2.09. The van der Waals surface area contributed by atoms with E-state index in [1.165, 1.54) is 7.11 Å². The van der Waals surface area contributed by atoms with E-state index in [0.29, 0.717) is 11.3 Å². The Bertz CT molecular complexity index is 258. The largest absolute Gasteiger partial charge is 0.466 e. The molecule has 1 amide bonds. The van der Waals surface area contributed by atoms with Gasteiger partial charge in [0.2, 0.25) is 0 Å². The normalized spacial score (nSPS) is 11.4. The summed E-state index contributed by atoms with van der Waals surface area (Å²) < 4.78 is 9.13. The summed E-state index contributed by atoms with van der Waals surface area (Å²) in [5, 5.41) is 2.41. The number of nitrogens with one attached hydrogen (secondary N) is 1. The number of alkyl carbamates (subject to hydrolysis) is 1. The molecule has 0 aromatic heterocycles. The highest BCUT2D eigenvalue weighted by molar-refractivity contribution is 5.89. The van der Waals surface area contributed by atoms with Crippen molar-refractivity contribution >= 4 is 12.1 Å².